The molecule has 2 aliphatic heterocycles. The second-order valence-corrected chi connectivity index (χ2v) is 8.79. The smallest absolute Gasteiger partial charge is 0.234 e. The molecule has 0 saturated carbocycles. The van der Waals surface area contributed by atoms with Gasteiger partial charge in [0.15, 0.2) is 0 Å². The number of carbonyl (C=O) groups is 3. The quantitative estimate of drug-likeness (QED) is 0.771. The van der Waals surface area contributed by atoms with E-state index >= 15 is 0 Å². The summed E-state index contributed by atoms with van der Waals surface area (Å²) in [5.74, 6) is 0.254. The van der Waals surface area contributed by atoms with Gasteiger partial charge in [0, 0.05) is 51.2 Å². The topological polar surface area (TPSA) is 73.0 Å². The molecule has 2 fully saturated rings. The summed E-state index contributed by atoms with van der Waals surface area (Å²) in [6, 6.07) is 0. The standard InChI is InChI=1S/C20H36N4O3/c1-5-8-21-17(25)15-22-10-12-23(13-11-22)18(26)16-7-6-9-24(14-16)19(27)20(2,3)4/h16H,5-15H2,1-4H3,(H,21,25). The van der Waals surface area contributed by atoms with Crippen molar-refractivity contribution < 1.29 is 14.4 Å². The lowest BCUT2D eigenvalue weighted by Crippen LogP contribution is -2.54. The average Bonchev–Trinajstić information content (AvgIpc) is 2.65. The van der Waals surface area contributed by atoms with Crippen LogP contribution in [0.5, 0.6) is 0 Å². The highest BCUT2D eigenvalue weighted by Crippen LogP contribution is 2.25. The summed E-state index contributed by atoms with van der Waals surface area (Å²) >= 11 is 0. The van der Waals surface area contributed by atoms with E-state index in [1.54, 1.807) is 0 Å². The van der Waals surface area contributed by atoms with E-state index in [-0.39, 0.29) is 23.6 Å². The zero-order valence-corrected chi connectivity index (χ0v) is 17.4. The van der Waals surface area contributed by atoms with Crippen molar-refractivity contribution >= 4 is 17.7 Å². The molecule has 7 heteroatoms. The van der Waals surface area contributed by atoms with E-state index in [1.165, 1.54) is 0 Å². The van der Waals surface area contributed by atoms with Gasteiger partial charge in [0.2, 0.25) is 17.7 Å². The second-order valence-electron chi connectivity index (χ2n) is 8.79. The molecule has 0 bridgehead atoms. The number of nitrogens with one attached hydrogen (secondary N) is 1. The van der Waals surface area contributed by atoms with Crippen molar-refractivity contribution in [2.75, 3.05) is 52.4 Å². The third-order valence-electron chi connectivity index (χ3n) is 5.32. The van der Waals surface area contributed by atoms with Gasteiger partial charge in [0.25, 0.3) is 0 Å². The van der Waals surface area contributed by atoms with Gasteiger partial charge in [-0.15, -0.1) is 0 Å². The summed E-state index contributed by atoms with van der Waals surface area (Å²) in [5, 5.41) is 2.89. The molecule has 27 heavy (non-hydrogen) atoms. The molecule has 0 aromatic heterocycles. The van der Waals surface area contributed by atoms with Gasteiger partial charge >= 0.3 is 0 Å². The first-order valence-corrected chi connectivity index (χ1v) is 10.3. The van der Waals surface area contributed by atoms with Crippen LogP contribution in [-0.4, -0.2) is 84.8 Å². The predicted molar refractivity (Wildman–Crippen MR) is 105 cm³/mol. The van der Waals surface area contributed by atoms with Crippen molar-refractivity contribution in [3.63, 3.8) is 0 Å². The number of piperidine rings is 1. The highest BCUT2D eigenvalue weighted by Gasteiger charge is 2.35. The Morgan fingerprint density at radius 3 is 2.26 bits per heavy atom. The number of hydrogen-bond acceptors (Lipinski definition) is 4. The monoisotopic (exact) mass is 380 g/mol. The molecule has 0 aliphatic carbocycles. The van der Waals surface area contributed by atoms with Crippen LogP contribution in [0.3, 0.4) is 0 Å². The van der Waals surface area contributed by atoms with Crippen LogP contribution in [0.25, 0.3) is 0 Å². The lowest BCUT2D eigenvalue weighted by molar-refractivity contribution is -0.146. The normalized spacial score (nSPS) is 21.9. The molecular formula is C20H36N4O3. The summed E-state index contributed by atoms with van der Waals surface area (Å²) in [7, 11) is 0. The fourth-order valence-corrected chi connectivity index (χ4v) is 3.75. The van der Waals surface area contributed by atoms with E-state index in [0.29, 0.717) is 32.7 Å². The maximum Gasteiger partial charge on any atom is 0.234 e. The molecule has 3 amide bonds. The van der Waals surface area contributed by atoms with E-state index in [1.807, 2.05) is 37.5 Å². The van der Waals surface area contributed by atoms with Gasteiger partial charge in [-0.05, 0) is 19.3 Å². The molecule has 2 saturated heterocycles. The van der Waals surface area contributed by atoms with Crippen molar-refractivity contribution in [3.05, 3.63) is 0 Å². The number of piperazine rings is 1. The van der Waals surface area contributed by atoms with E-state index in [0.717, 1.165) is 38.9 Å². The Morgan fingerprint density at radius 2 is 1.67 bits per heavy atom. The molecule has 0 spiro atoms. The summed E-state index contributed by atoms with van der Waals surface area (Å²) in [4.78, 5) is 43.2. The van der Waals surface area contributed by atoms with Crippen LogP contribution < -0.4 is 5.32 Å². The fraction of sp³-hybridized carbons (Fsp3) is 0.850. The van der Waals surface area contributed by atoms with Crippen LogP contribution in [0.2, 0.25) is 0 Å². The number of rotatable bonds is 5. The first-order chi connectivity index (χ1) is 12.7. The Bertz CT molecular complexity index is 536. The fourth-order valence-electron chi connectivity index (χ4n) is 3.75. The van der Waals surface area contributed by atoms with Gasteiger partial charge in [-0.1, -0.05) is 27.7 Å². The molecule has 2 rings (SSSR count). The maximum absolute atomic E-state index is 12.9. The van der Waals surface area contributed by atoms with Crippen molar-refractivity contribution in [2.45, 2.75) is 47.0 Å². The zero-order chi connectivity index (χ0) is 20.0. The maximum atomic E-state index is 12.9. The number of hydrogen-bond donors (Lipinski definition) is 1. The number of likely N-dealkylation sites (tertiary alicyclic amines) is 1. The van der Waals surface area contributed by atoms with E-state index in [2.05, 4.69) is 10.2 Å². The SMILES string of the molecule is CCCNC(=O)CN1CCN(C(=O)C2CCCN(C(=O)C(C)(C)C)C2)CC1. The molecular weight excluding hydrogens is 344 g/mol. The van der Waals surface area contributed by atoms with Crippen LogP contribution in [0.4, 0.5) is 0 Å². The minimum absolute atomic E-state index is 0.0558. The predicted octanol–water partition coefficient (Wildman–Crippen LogP) is 0.942. The number of nitrogens with zero attached hydrogens (tertiary/aromatic N) is 3. The van der Waals surface area contributed by atoms with Crippen molar-refractivity contribution in [2.24, 2.45) is 11.3 Å². The summed E-state index contributed by atoms with van der Waals surface area (Å²) in [5.41, 5.74) is -0.408. The highest BCUT2D eigenvalue weighted by molar-refractivity contribution is 5.84. The zero-order valence-electron chi connectivity index (χ0n) is 17.4. The average molecular weight is 381 g/mol. The summed E-state index contributed by atoms with van der Waals surface area (Å²) in [6.07, 6.45) is 2.67. The Labute approximate surface area is 163 Å². The third kappa shape index (κ3) is 6.19. The number of amides is 3. The van der Waals surface area contributed by atoms with Gasteiger partial charge in [-0.3, -0.25) is 19.3 Å². The van der Waals surface area contributed by atoms with Crippen LogP contribution in [0, 0.1) is 11.3 Å². The molecule has 7 nitrogen and oxygen atoms in total. The van der Waals surface area contributed by atoms with Crippen molar-refractivity contribution in [3.8, 4) is 0 Å². The van der Waals surface area contributed by atoms with Gasteiger partial charge in [-0.25, -0.2) is 0 Å². The largest absolute Gasteiger partial charge is 0.355 e. The highest BCUT2D eigenvalue weighted by atomic mass is 16.2. The molecule has 1 unspecified atom stereocenters. The van der Waals surface area contributed by atoms with Crippen molar-refractivity contribution in [1.82, 2.24) is 20.0 Å². The molecule has 1 N–H and O–H groups in total. The van der Waals surface area contributed by atoms with Crippen LogP contribution in [-0.2, 0) is 14.4 Å². The van der Waals surface area contributed by atoms with Gasteiger partial charge in [-0.2, -0.15) is 0 Å². The lowest BCUT2D eigenvalue weighted by atomic mass is 9.90. The summed E-state index contributed by atoms with van der Waals surface area (Å²) < 4.78 is 0. The molecule has 2 heterocycles. The summed E-state index contributed by atoms with van der Waals surface area (Å²) in [6.45, 7) is 13.0. The van der Waals surface area contributed by atoms with Gasteiger partial charge < -0.3 is 15.1 Å². The number of carbonyl (C=O) groups excluding carboxylic acids is 3. The second kappa shape index (κ2) is 9.53. The van der Waals surface area contributed by atoms with Gasteiger partial charge in [0.05, 0.1) is 12.5 Å². The van der Waals surface area contributed by atoms with Gasteiger partial charge in [0.1, 0.15) is 0 Å². The van der Waals surface area contributed by atoms with Crippen molar-refractivity contribution in [1.29, 1.82) is 0 Å². The molecule has 0 radical (unpaired) electrons. The van der Waals surface area contributed by atoms with Crippen LogP contribution in [0.15, 0.2) is 0 Å². The van der Waals surface area contributed by atoms with E-state index < -0.39 is 5.41 Å². The van der Waals surface area contributed by atoms with E-state index in [9.17, 15) is 14.4 Å². The van der Waals surface area contributed by atoms with E-state index in [4.69, 9.17) is 0 Å². The Kier molecular flexibility index (Phi) is 7.65. The molecule has 1 atom stereocenters. The molecule has 0 aromatic rings. The Morgan fingerprint density at radius 1 is 1.00 bits per heavy atom. The molecule has 0 aromatic carbocycles. The lowest BCUT2D eigenvalue weighted by Gasteiger charge is -2.40. The minimum Gasteiger partial charge on any atom is -0.355 e. The Balaban J connectivity index is 1.81. The Hall–Kier alpha value is -1.63. The first kappa shape index (κ1) is 21.7. The third-order valence-corrected chi connectivity index (χ3v) is 5.32. The minimum atomic E-state index is -0.408. The van der Waals surface area contributed by atoms with Crippen LogP contribution >= 0.6 is 0 Å². The molecule has 154 valence electrons. The van der Waals surface area contributed by atoms with Crippen LogP contribution in [0.1, 0.15) is 47.0 Å². The molecule has 2 aliphatic rings. The first-order valence-electron chi connectivity index (χ1n) is 10.3.